The topological polar surface area (TPSA) is 49.4 Å². The Morgan fingerprint density at radius 3 is 2.80 bits per heavy atom. The van der Waals surface area contributed by atoms with Gasteiger partial charge in [0.25, 0.3) is 0 Å². The maximum absolute atomic E-state index is 12.8. The molecule has 0 saturated carbocycles. The standard InChI is InChI=1S/C15H24N2O2S/c1-3-14-8-4-5-9-15(14)20(18,19)17-10-6-7-13(12-17)11-16-2/h4-5,8-9,13,16H,3,6-7,10-12H2,1-2H3. The van der Waals surface area contributed by atoms with Gasteiger partial charge in [-0.2, -0.15) is 4.31 Å². The predicted octanol–water partition coefficient (Wildman–Crippen LogP) is 1.87. The van der Waals surface area contributed by atoms with Crippen LogP contribution in [-0.4, -0.2) is 39.4 Å². The quantitative estimate of drug-likeness (QED) is 0.902. The summed E-state index contributed by atoms with van der Waals surface area (Å²) < 4.78 is 27.3. The Balaban J connectivity index is 2.25. The van der Waals surface area contributed by atoms with E-state index in [1.54, 1.807) is 16.4 Å². The minimum Gasteiger partial charge on any atom is -0.319 e. The lowest BCUT2D eigenvalue weighted by Crippen LogP contribution is -2.42. The van der Waals surface area contributed by atoms with Crippen LogP contribution in [0.3, 0.4) is 0 Å². The van der Waals surface area contributed by atoms with Gasteiger partial charge in [0.1, 0.15) is 0 Å². The highest BCUT2D eigenvalue weighted by Crippen LogP contribution is 2.25. The number of piperidine rings is 1. The first-order valence-corrected chi connectivity index (χ1v) is 8.76. The first-order valence-electron chi connectivity index (χ1n) is 7.32. The first kappa shape index (κ1) is 15.5. The van der Waals surface area contributed by atoms with Gasteiger partial charge in [0.05, 0.1) is 4.90 Å². The zero-order valence-corrected chi connectivity index (χ0v) is 13.1. The van der Waals surface area contributed by atoms with Gasteiger partial charge in [0.2, 0.25) is 10.0 Å². The molecule has 0 spiro atoms. The van der Waals surface area contributed by atoms with Crippen LogP contribution >= 0.6 is 0 Å². The lowest BCUT2D eigenvalue weighted by atomic mass is 10.00. The van der Waals surface area contributed by atoms with Gasteiger partial charge in [0.15, 0.2) is 0 Å². The van der Waals surface area contributed by atoms with Gasteiger partial charge >= 0.3 is 0 Å². The third-order valence-corrected chi connectivity index (χ3v) is 5.91. The Morgan fingerprint density at radius 1 is 1.35 bits per heavy atom. The van der Waals surface area contributed by atoms with E-state index in [1.165, 1.54) is 0 Å². The molecule has 0 bridgehead atoms. The number of benzene rings is 1. The van der Waals surface area contributed by atoms with Crippen molar-refractivity contribution in [2.45, 2.75) is 31.1 Å². The van der Waals surface area contributed by atoms with Gasteiger partial charge in [-0.25, -0.2) is 8.42 Å². The van der Waals surface area contributed by atoms with Crippen molar-refractivity contribution in [3.05, 3.63) is 29.8 Å². The third-order valence-electron chi connectivity index (χ3n) is 3.95. The molecule has 0 aliphatic carbocycles. The maximum Gasteiger partial charge on any atom is 0.243 e. The summed E-state index contributed by atoms with van der Waals surface area (Å²) in [6.07, 6.45) is 2.78. The largest absolute Gasteiger partial charge is 0.319 e. The summed E-state index contributed by atoms with van der Waals surface area (Å²) in [5.41, 5.74) is 0.906. The summed E-state index contributed by atoms with van der Waals surface area (Å²) in [5.74, 6) is 0.414. The Kier molecular flexibility index (Phi) is 5.18. The molecule has 1 N–H and O–H groups in total. The zero-order valence-electron chi connectivity index (χ0n) is 12.3. The van der Waals surface area contributed by atoms with E-state index in [9.17, 15) is 8.42 Å². The SMILES string of the molecule is CCc1ccccc1S(=O)(=O)N1CCCC(CNC)C1. The van der Waals surface area contributed by atoms with E-state index in [1.807, 2.05) is 26.1 Å². The maximum atomic E-state index is 12.8. The Labute approximate surface area is 122 Å². The van der Waals surface area contributed by atoms with Crippen molar-refractivity contribution in [1.82, 2.24) is 9.62 Å². The fraction of sp³-hybridized carbons (Fsp3) is 0.600. The van der Waals surface area contributed by atoms with E-state index in [4.69, 9.17) is 0 Å². The highest BCUT2D eigenvalue weighted by molar-refractivity contribution is 7.89. The van der Waals surface area contributed by atoms with Crippen LogP contribution in [0.2, 0.25) is 0 Å². The predicted molar refractivity (Wildman–Crippen MR) is 81.2 cm³/mol. The van der Waals surface area contributed by atoms with E-state index >= 15 is 0 Å². The molecule has 1 aliphatic rings. The Hall–Kier alpha value is -0.910. The van der Waals surface area contributed by atoms with E-state index in [0.717, 1.165) is 31.4 Å². The molecule has 20 heavy (non-hydrogen) atoms. The van der Waals surface area contributed by atoms with Crippen molar-refractivity contribution < 1.29 is 8.42 Å². The van der Waals surface area contributed by atoms with Crippen LogP contribution in [0.25, 0.3) is 0 Å². The van der Waals surface area contributed by atoms with Crippen molar-refractivity contribution in [1.29, 1.82) is 0 Å². The average molecular weight is 296 g/mol. The van der Waals surface area contributed by atoms with Crippen LogP contribution in [0.15, 0.2) is 29.2 Å². The van der Waals surface area contributed by atoms with Crippen molar-refractivity contribution in [3.63, 3.8) is 0 Å². The number of nitrogens with one attached hydrogen (secondary N) is 1. The summed E-state index contributed by atoms with van der Waals surface area (Å²) in [7, 11) is -1.43. The highest BCUT2D eigenvalue weighted by Gasteiger charge is 2.30. The Bertz CT molecular complexity index is 541. The first-order chi connectivity index (χ1) is 9.59. The molecule has 0 aromatic heterocycles. The van der Waals surface area contributed by atoms with Crippen LogP contribution in [0.1, 0.15) is 25.3 Å². The van der Waals surface area contributed by atoms with Gasteiger partial charge in [0, 0.05) is 13.1 Å². The van der Waals surface area contributed by atoms with Crippen molar-refractivity contribution in [2.75, 3.05) is 26.7 Å². The minimum atomic E-state index is -3.35. The fourth-order valence-electron chi connectivity index (χ4n) is 2.89. The molecule has 1 atom stereocenters. The fourth-order valence-corrected chi connectivity index (χ4v) is 4.74. The summed E-state index contributed by atoms with van der Waals surface area (Å²) in [5, 5.41) is 3.15. The van der Waals surface area contributed by atoms with E-state index in [0.29, 0.717) is 23.9 Å². The van der Waals surface area contributed by atoms with Crippen molar-refractivity contribution in [2.24, 2.45) is 5.92 Å². The number of hydrogen-bond acceptors (Lipinski definition) is 3. The molecule has 1 unspecified atom stereocenters. The van der Waals surface area contributed by atoms with E-state index < -0.39 is 10.0 Å². The number of hydrogen-bond donors (Lipinski definition) is 1. The molecular formula is C15H24N2O2S. The van der Waals surface area contributed by atoms with Gasteiger partial charge in [-0.15, -0.1) is 0 Å². The van der Waals surface area contributed by atoms with E-state index in [2.05, 4.69) is 5.32 Å². The van der Waals surface area contributed by atoms with Gasteiger partial charge < -0.3 is 5.32 Å². The molecule has 1 aromatic rings. The van der Waals surface area contributed by atoms with Crippen LogP contribution in [0, 0.1) is 5.92 Å². The lowest BCUT2D eigenvalue weighted by Gasteiger charge is -2.32. The number of rotatable bonds is 5. The third kappa shape index (κ3) is 3.22. The van der Waals surface area contributed by atoms with Crippen LogP contribution in [-0.2, 0) is 16.4 Å². The molecule has 1 aliphatic heterocycles. The highest BCUT2D eigenvalue weighted by atomic mass is 32.2. The number of nitrogens with zero attached hydrogens (tertiary/aromatic N) is 1. The summed E-state index contributed by atoms with van der Waals surface area (Å²) in [6.45, 7) is 4.14. The normalized spacial score (nSPS) is 21.0. The van der Waals surface area contributed by atoms with Crippen molar-refractivity contribution >= 4 is 10.0 Å². The minimum absolute atomic E-state index is 0.414. The summed E-state index contributed by atoms with van der Waals surface area (Å²) in [4.78, 5) is 0.479. The molecule has 1 heterocycles. The molecule has 2 rings (SSSR count). The van der Waals surface area contributed by atoms with Gasteiger partial charge in [-0.1, -0.05) is 25.1 Å². The monoisotopic (exact) mass is 296 g/mol. The molecule has 0 amide bonds. The second-order valence-corrected chi connectivity index (χ2v) is 7.30. The molecule has 1 saturated heterocycles. The number of sulfonamides is 1. The Morgan fingerprint density at radius 2 is 2.10 bits per heavy atom. The van der Waals surface area contributed by atoms with Crippen LogP contribution in [0.4, 0.5) is 0 Å². The molecule has 4 nitrogen and oxygen atoms in total. The average Bonchev–Trinajstić information content (AvgIpc) is 2.48. The lowest BCUT2D eigenvalue weighted by molar-refractivity contribution is 0.263. The van der Waals surface area contributed by atoms with Crippen LogP contribution < -0.4 is 5.32 Å². The van der Waals surface area contributed by atoms with Gasteiger partial charge in [-0.3, -0.25) is 0 Å². The molecule has 5 heteroatoms. The zero-order chi connectivity index (χ0) is 14.6. The second kappa shape index (κ2) is 6.70. The smallest absolute Gasteiger partial charge is 0.243 e. The molecule has 1 fully saturated rings. The van der Waals surface area contributed by atoms with E-state index in [-0.39, 0.29) is 0 Å². The van der Waals surface area contributed by atoms with Crippen LogP contribution in [0.5, 0.6) is 0 Å². The summed E-state index contributed by atoms with van der Waals surface area (Å²) >= 11 is 0. The summed E-state index contributed by atoms with van der Waals surface area (Å²) in [6, 6.07) is 7.34. The van der Waals surface area contributed by atoms with Gasteiger partial charge in [-0.05, 0) is 50.4 Å². The molecule has 1 aromatic carbocycles. The second-order valence-electron chi connectivity index (χ2n) is 5.39. The molecule has 112 valence electrons. The molecule has 0 radical (unpaired) electrons. The number of aryl methyl sites for hydroxylation is 1. The van der Waals surface area contributed by atoms with Crippen molar-refractivity contribution in [3.8, 4) is 0 Å². The molecular weight excluding hydrogens is 272 g/mol.